The second-order valence-corrected chi connectivity index (χ2v) is 8.40. The van der Waals surface area contributed by atoms with E-state index < -0.39 is 17.4 Å². The summed E-state index contributed by atoms with van der Waals surface area (Å²) in [6, 6.07) is 11.7. The molecule has 0 saturated carbocycles. The molecule has 0 aliphatic heterocycles. The monoisotopic (exact) mass is 532 g/mol. The van der Waals surface area contributed by atoms with Crippen LogP contribution in [0.1, 0.15) is 19.4 Å². The number of carbonyl (C=O) groups excluding carboxylic acids is 2. The minimum absolute atomic E-state index is 0.151. The third-order valence-electron chi connectivity index (χ3n) is 4.71. The maximum atomic E-state index is 13.5. The summed E-state index contributed by atoms with van der Waals surface area (Å²) in [5.41, 5.74) is 3.40. The number of nitrogens with zero attached hydrogens (tertiary/aromatic N) is 1. The lowest BCUT2D eigenvalue weighted by Gasteiger charge is -2.14. The highest BCUT2D eigenvalue weighted by Crippen LogP contribution is 2.47. The highest BCUT2D eigenvalue weighted by Gasteiger charge is 2.27. The fraction of sp³-hybridized carbons (Fsp3) is 0.0833. The number of halogens is 3. The first-order valence-corrected chi connectivity index (χ1v) is 11.1. The van der Waals surface area contributed by atoms with Crippen LogP contribution in [-0.2, 0) is 9.59 Å². The van der Waals surface area contributed by atoms with Crippen LogP contribution in [0.3, 0.4) is 0 Å². The summed E-state index contributed by atoms with van der Waals surface area (Å²) in [4.78, 5) is 36.8. The van der Waals surface area contributed by atoms with Gasteiger partial charge >= 0.3 is 11.9 Å². The molecule has 4 rings (SSSR count). The van der Waals surface area contributed by atoms with E-state index in [1.54, 1.807) is 36.4 Å². The minimum atomic E-state index is -0.752. The van der Waals surface area contributed by atoms with Crippen LogP contribution in [0.15, 0.2) is 56.8 Å². The number of hydrazone groups is 1. The Balaban J connectivity index is 1.94. The Labute approximate surface area is 213 Å². The van der Waals surface area contributed by atoms with Gasteiger partial charge in [0.25, 0.3) is 0 Å². The average Bonchev–Trinajstić information content (AvgIpc) is 2.81. The molecule has 0 radical (unpaired) electrons. The van der Waals surface area contributed by atoms with Gasteiger partial charge in [-0.1, -0.05) is 40.9 Å². The van der Waals surface area contributed by atoms with Crippen LogP contribution < -0.4 is 20.3 Å². The van der Waals surface area contributed by atoms with Gasteiger partial charge in [-0.3, -0.25) is 19.8 Å². The van der Waals surface area contributed by atoms with Gasteiger partial charge < -0.3 is 13.9 Å². The molecular formula is C24H15Cl3N2O6. The van der Waals surface area contributed by atoms with Crippen molar-refractivity contribution in [1.82, 2.24) is 0 Å². The number of carbonyl (C=O) groups is 2. The highest BCUT2D eigenvalue weighted by molar-refractivity contribution is 6.42. The van der Waals surface area contributed by atoms with Crippen LogP contribution in [0, 0.1) is 0 Å². The quantitative estimate of drug-likeness (QED) is 0.107. The number of rotatable bonds is 5. The van der Waals surface area contributed by atoms with E-state index in [2.05, 4.69) is 10.5 Å². The topological polar surface area (TPSA) is 107 Å². The van der Waals surface area contributed by atoms with E-state index in [1.165, 1.54) is 12.3 Å². The van der Waals surface area contributed by atoms with Gasteiger partial charge in [0.2, 0.25) is 5.43 Å². The van der Waals surface area contributed by atoms with Crippen LogP contribution in [0.25, 0.3) is 21.9 Å². The molecule has 0 aliphatic rings. The van der Waals surface area contributed by atoms with Crippen LogP contribution in [0.2, 0.25) is 15.1 Å². The van der Waals surface area contributed by atoms with Crippen molar-refractivity contribution in [2.75, 3.05) is 5.43 Å². The van der Waals surface area contributed by atoms with Crippen molar-refractivity contribution < 1.29 is 23.5 Å². The molecule has 0 atom stereocenters. The Kier molecular flexibility index (Phi) is 6.98. The first kappa shape index (κ1) is 24.5. The summed E-state index contributed by atoms with van der Waals surface area (Å²) >= 11 is 18.6. The molecule has 0 spiro atoms. The first-order valence-electron chi connectivity index (χ1n) is 9.99. The Hall–Kier alpha value is -3.59. The molecule has 0 amide bonds. The molecule has 4 aromatic rings. The maximum Gasteiger partial charge on any atom is 0.308 e. The zero-order chi connectivity index (χ0) is 25.3. The van der Waals surface area contributed by atoms with Crippen molar-refractivity contribution in [3.63, 3.8) is 0 Å². The Morgan fingerprint density at radius 3 is 2.23 bits per heavy atom. The minimum Gasteiger partial charge on any atom is -0.453 e. The second kappa shape index (κ2) is 9.95. The van der Waals surface area contributed by atoms with Crippen molar-refractivity contribution in [3.8, 4) is 11.5 Å². The largest absolute Gasteiger partial charge is 0.453 e. The van der Waals surface area contributed by atoms with Gasteiger partial charge in [0.1, 0.15) is 21.0 Å². The lowest BCUT2D eigenvalue weighted by atomic mass is 10.1. The molecule has 11 heteroatoms. The maximum absolute atomic E-state index is 13.5. The number of hydrogen-bond donors (Lipinski definition) is 1. The SMILES string of the molecule is CC(=O)Oc1c(Cl)c(OC(C)=O)c2c(=O)c3cccc(/C=N\Nc4ccc(Cl)cc4)c3oc2c1Cl. The zero-order valence-electron chi connectivity index (χ0n) is 18.1. The fourth-order valence-electron chi connectivity index (χ4n) is 3.29. The Bertz CT molecular complexity index is 1580. The third-order valence-corrected chi connectivity index (χ3v) is 5.64. The number of anilines is 1. The average molecular weight is 534 g/mol. The number of para-hydroxylation sites is 1. The molecular weight excluding hydrogens is 519 g/mol. The number of esters is 2. The number of hydrogen-bond acceptors (Lipinski definition) is 8. The number of benzene rings is 3. The van der Waals surface area contributed by atoms with Crippen molar-refractivity contribution in [2.24, 2.45) is 5.10 Å². The van der Waals surface area contributed by atoms with E-state index in [-0.39, 0.29) is 43.5 Å². The van der Waals surface area contributed by atoms with Crippen molar-refractivity contribution >= 4 is 80.6 Å². The molecule has 178 valence electrons. The van der Waals surface area contributed by atoms with Crippen LogP contribution in [-0.4, -0.2) is 18.2 Å². The van der Waals surface area contributed by atoms with E-state index in [1.807, 2.05) is 0 Å². The summed E-state index contributed by atoms with van der Waals surface area (Å²) in [5, 5.41) is 4.20. The second-order valence-electron chi connectivity index (χ2n) is 7.21. The fourth-order valence-corrected chi connectivity index (χ4v) is 3.99. The molecule has 1 heterocycles. The summed E-state index contributed by atoms with van der Waals surface area (Å²) in [6.45, 7) is 2.27. The molecule has 8 nitrogen and oxygen atoms in total. The van der Waals surface area contributed by atoms with E-state index in [9.17, 15) is 14.4 Å². The van der Waals surface area contributed by atoms with E-state index >= 15 is 0 Å². The molecule has 0 unspecified atom stereocenters. The highest BCUT2D eigenvalue weighted by atomic mass is 35.5. The first-order chi connectivity index (χ1) is 16.7. The predicted octanol–water partition coefficient (Wildman–Crippen LogP) is 6.20. The van der Waals surface area contributed by atoms with Gasteiger partial charge in [0.05, 0.1) is 17.3 Å². The number of ether oxygens (including phenoxy) is 2. The third kappa shape index (κ3) is 4.95. The van der Waals surface area contributed by atoms with Gasteiger partial charge in [-0.25, -0.2) is 0 Å². The van der Waals surface area contributed by atoms with Crippen LogP contribution in [0.5, 0.6) is 11.5 Å². The normalized spacial score (nSPS) is 11.2. The van der Waals surface area contributed by atoms with Gasteiger partial charge in [-0.15, -0.1) is 0 Å². The molecule has 1 aromatic heterocycles. The summed E-state index contributed by atoms with van der Waals surface area (Å²) < 4.78 is 16.3. The number of nitrogens with one attached hydrogen (secondary N) is 1. The van der Waals surface area contributed by atoms with Crippen molar-refractivity contribution in [3.05, 3.63) is 73.3 Å². The van der Waals surface area contributed by atoms with Crippen molar-refractivity contribution in [1.29, 1.82) is 0 Å². The van der Waals surface area contributed by atoms with Crippen LogP contribution in [0.4, 0.5) is 5.69 Å². The molecule has 0 aliphatic carbocycles. The predicted molar refractivity (Wildman–Crippen MR) is 135 cm³/mol. The smallest absolute Gasteiger partial charge is 0.308 e. The van der Waals surface area contributed by atoms with Gasteiger partial charge in [0, 0.05) is 24.4 Å². The molecule has 0 bridgehead atoms. The molecule has 0 saturated heterocycles. The van der Waals surface area contributed by atoms with Crippen molar-refractivity contribution in [2.45, 2.75) is 13.8 Å². The molecule has 0 fully saturated rings. The van der Waals surface area contributed by atoms with Gasteiger partial charge in [-0.2, -0.15) is 5.10 Å². The van der Waals surface area contributed by atoms with Gasteiger partial charge in [-0.05, 0) is 36.4 Å². The Morgan fingerprint density at radius 1 is 0.914 bits per heavy atom. The standard InChI is InChI=1S/C24H15Cl3N2O6/c1-11(30)33-22-17-20(32)16-5-3-4-13(10-28-29-15-8-6-14(25)7-9-15)21(16)35-23(17)19(27)24(18(22)26)34-12(2)31/h3-10,29H,1-2H3/b28-10-. The lowest BCUT2D eigenvalue weighted by Crippen LogP contribution is -2.11. The summed E-state index contributed by atoms with van der Waals surface area (Å²) in [6.07, 6.45) is 1.45. The number of fused-ring (bicyclic) bond motifs is 2. The van der Waals surface area contributed by atoms with E-state index in [0.717, 1.165) is 13.8 Å². The molecule has 35 heavy (non-hydrogen) atoms. The van der Waals surface area contributed by atoms with E-state index in [4.69, 9.17) is 48.7 Å². The van der Waals surface area contributed by atoms with Crippen LogP contribution >= 0.6 is 34.8 Å². The Morgan fingerprint density at radius 2 is 1.57 bits per heavy atom. The zero-order valence-corrected chi connectivity index (χ0v) is 20.4. The van der Waals surface area contributed by atoms with E-state index in [0.29, 0.717) is 16.3 Å². The lowest BCUT2D eigenvalue weighted by molar-refractivity contribution is -0.132. The summed E-state index contributed by atoms with van der Waals surface area (Å²) in [5.74, 6) is -2.11. The molecule has 1 N–H and O–H groups in total. The molecule has 3 aromatic carbocycles. The van der Waals surface area contributed by atoms with Gasteiger partial charge in [0.15, 0.2) is 17.1 Å². The summed E-state index contributed by atoms with van der Waals surface area (Å²) in [7, 11) is 0.